The van der Waals surface area contributed by atoms with Gasteiger partial charge in [-0.1, -0.05) is 0 Å². The van der Waals surface area contributed by atoms with Crippen LogP contribution in [0, 0.1) is 31.3 Å². The molecule has 0 amide bonds. The predicted molar refractivity (Wildman–Crippen MR) is 70.7 cm³/mol. The largest absolute Gasteiger partial charge is 0.373 e. The van der Waals surface area contributed by atoms with Gasteiger partial charge in [-0.15, -0.1) is 0 Å². The van der Waals surface area contributed by atoms with Gasteiger partial charge in [-0.05, 0) is 13.8 Å². The van der Waals surface area contributed by atoms with Crippen molar-refractivity contribution in [1.29, 1.82) is 0 Å². The Hall–Kier alpha value is -2.31. The minimum absolute atomic E-state index is 0.256. The molecule has 4 nitrogen and oxygen atoms in total. The number of benzene rings is 1. The lowest BCUT2D eigenvalue weighted by Crippen LogP contribution is -2.07. The fourth-order valence-corrected chi connectivity index (χ4v) is 1.77. The van der Waals surface area contributed by atoms with Crippen molar-refractivity contribution in [3.05, 3.63) is 41.0 Å². The lowest BCUT2D eigenvalue weighted by atomic mass is 10.2. The van der Waals surface area contributed by atoms with Crippen molar-refractivity contribution in [3.8, 4) is 0 Å². The number of halogens is 3. The third-order valence-electron chi connectivity index (χ3n) is 2.74. The first kappa shape index (κ1) is 14.1. The number of aryl methyl sites for hydroxylation is 1. The van der Waals surface area contributed by atoms with Crippen LogP contribution in [0.4, 0.5) is 30.5 Å². The summed E-state index contributed by atoms with van der Waals surface area (Å²) < 4.78 is 40.1. The van der Waals surface area contributed by atoms with Gasteiger partial charge < -0.3 is 10.6 Å². The monoisotopic (exact) mass is 282 g/mol. The number of hydrogen-bond donors (Lipinski definition) is 2. The number of rotatable bonds is 3. The summed E-state index contributed by atoms with van der Waals surface area (Å²) >= 11 is 0. The molecule has 20 heavy (non-hydrogen) atoms. The van der Waals surface area contributed by atoms with Crippen LogP contribution < -0.4 is 10.6 Å². The second kappa shape index (κ2) is 5.36. The lowest BCUT2D eigenvalue weighted by Gasteiger charge is -2.13. The number of hydrogen-bond acceptors (Lipinski definition) is 4. The normalized spacial score (nSPS) is 10.5. The second-order valence-corrected chi connectivity index (χ2v) is 4.21. The highest BCUT2D eigenvalue weighted by molar-refractivity contribution is 5.65. The Morgan fingerprint density at radius 2 is 1.50 bits per heavy atom. The molecule has 2 aromatic rings. The van der Waals surface area contributed by atoms with Crippen molar-refractivity contribution in [2.45, 2.75) is 13.8 Å². The van der Waals surface area contributed by atoms with Gasteiger partial charge in [0.2, 0.25) is 0 Å². The Labute approximate surface area is 114 Å². The summed E-state index contributed by atoms with van der Waals surface area (Å²) in [4.78, 5) is 8.23. The van der Waals surface area contributed by atoms with Crippen LogP contribution in [-0.4, -0.2) is 17.0 Å². The summed E-state index contributed by atoms with van der Waals surface area (Å²) in [5.41, 5.74) is 0.149. The van der Waals surface area contributed by atoms with Crippen LogP contribution in [0.5, 0.6) is 0 Å². The molecule has 0 saturated heterocycles. The minimum atomic E-state index is -1.02. The Kier molecular flexibility index (Phi) is 3.78. The van der Waals surface area contributed by atoms with E-state index in [4.69, 9.17) is 0 Å². The van der Waals surface area contributed by atoms with E-state index in [1.54, 1.807) is 20.9 Å². The van der Waals surface area contributed by atoms with Gasteiger partial charge in [0.25, 0.3) is 0 Å². The van der Waals surface area contributed by atoms with E-state index in [-0.39, 0.29) is 5.82 Å². The van der Waals surface area contributed by atoms with Gasteiger partial charge in [-0.3, -0.25) is 0 Å². The first-order valence-corrected chi connectivity index (χ1v) is 5.87. The van der Waals surface area contributed by atoms with Gasteiger partial charge >= 0.3 is 0 Å². The lowest BCUT2D eigenvalue weighted by molar-refractivity contribution is 0.548. The summed E-state index contributed by atoms with van der Waals surface area (Å²) in [5.74, 6) is -1.79. The van der Waals surface area contributed by atoms with E-state index in [0.717, 1.165) is 0 Å². The van der Waals surface area contributed by atoms with E-state index < -0.39 is 23.1 Å². The van der Waals surface area contributed by atoms with Crippen molar-refractivity contribution >= 4 is 17.3 Å². The first-order valence-electron chi connectivity index (χ1n) is 5.87. The molecule has 0 aliphatic heterocycles. The Morgan fingerprint density at radius 3 is 2.05 bits per heavy atom. The fourth-order valence-electron chi connectivity index (χ4n) is 1.77. The van der Waals surface area contributed by atoms with Crippen LogP contribution in [0.3, 0.4) is 0 Å². The molecular weight excluding hydrogens is 269 g/mol. The van der Waals surface area contributed by atoms with E-state index in [1.807, 2.05) is 0 Å². The maximum absolute atomic E-state index is 13.6. The molecular formula is C13H13F3N4. The van der Waals surface area contributed by atoms with E-state index in [0.29, 0.717) is 29.3 Å². The standard InChI is InChI=1S/C13H13F3N4/c1-6-12(17-3)18-7(2)19-13(6)20-11-9(15)4-8(14)5-10(11)16/h4-5H,1-3H3,(H2,17,18,19,20). The highest BCUT2D eigenvalue weighted by Gasteiger charge is 2.15. The van der Waals surface area contributed by atoms with Gasteiger partial charge in [0.1, 0.15) is 29.0 Å². The topological polar surface area (TPSA) is 49.8 Å². The van der Waals surface area contributed by atoms with Crippen LogP contribution in [0.15, 0.2) is 12.1 Å². The van der Waals surface area contributed by atoms with Gasteiger partial charge in [0.15, 0.2) is 11.6 Å². The molecule has 0 aliphatic carbocycles. The SMILES string of the molecule is CNc1nc(C)nc(Nc2c(F)cc(F)cc2F)c1C. The summed E-state index contributed by atoms with van der Waals surface area (Å²) in [6, 6.07) is 1.21. The Balaban J connectivity index is 2.48. The zero-order chi connectivity index (χ0) is 14.9. The predicted octanol–water partition coefficient (Wildman–Crippen LogP) is 3.30. The van der Waals surface area contributed by atoms with Crippen molar-refractivity contribution in [3.63, 3.8) is 0 Å². The molecule has 0 radical (unpaired) electrons. The van der Waals surface area contributed by atoms with Crippen LogP contribution in [0.25, 0.3) is 0 Å². The van der Waals surface area contributed by atoms with Crippen molar-refractivity contribution < 1.29 is 13.2 Å². The zero-order valence-corrected chi connectivity index (χ0v) is 11.2. The second-order valence-electron chi connectivity index (χ2n) is 4.21. The minimum Gasteiger partial charge on any atom is -0.373 e. The van der Waals surface area contributed by atoms with Crippen molar-refractivity contribution in [2.24, 2.45) is 0 Å². The van der Waals surface area contributed by atoms with E-state index >= 15 is 0 Å². The molecule has 0 saturated carbocycles. The van der Waals surface area contributed by atoms with Gasteiger partial charge in [-0.2, -0.15) is 0 Å². The smallest absolute Gasteiger partial charge is 0.152 e. The third-order valence-corrected chi connectivity index (χ3v) is 2.74. The Morgan fingerprint density at radius 1 is 0.950 bits per heavy atom. The highest BCUT2D eigenvalue weighted by Crippen LogP contribution is 2.27. The van der Waals surface area contributed by atoms with E-state index in [9.17, 15) is 13.2 Å². The molecule has 1 aromatic carbocycles. The molecule has 106 valence electrons. The maximum Gasteiger partial charge on any atom is 0.152 e. The van der Waals surface area contributed by atoms with Crippen molar-refractivity contribution in [2.75, 3.05) is 17.7 Å². The average molecular weight is 282 g/mol. The summed E-state index contributed by atoms with van der Waals surface area (Å²) in [6.45, 7) is 3.36. The molecule has 0 fully saturated rings. The number of nitrogens with one attached hydrogen (secondary N) is 2. The van der Waals surface area contributed by atoms with Gasteiger partial charge in [0, 0.05) is 24.7 Å². The maximum atomic E-state index is 13.6. The van der Waals surface area contributed by atoms with Crippen LogP contribution in [-0.2, 0) is 0 Å². The number of anilines is 3. The molecule has 0 aliphatic rings. The van der Waals surface area contributed by atoms with Crippen molar-refractivity contribution in [1.82, 2.24) is 9.97 Å². The molecule has 1 aromatic heterocycles. The molecule has 0 unspecified atom stereocenters. The van der Waals surface area contributed by atoms with E-state index in [1.165, 1.54) is 0 Å². The van der Waals surface area contributed by atoms with Gasteiger partial charge in [0.05, 0.1) is 0 Å². The number of nitrogens with zero attached hydrogens (tertiary/aromatic N) is 2. The molecule has 0 spiro atoms. The van der Waals surface area contributed by atoms with Crippen LogP contribution in [0.1, 0.15) is 11.4 Å². The highest BCUT2D eigenvalue weighted by atomic mass is 19.1. The molecule has 2 N–H and O–H groups in total. The molecule has 7 heteroatoms. The Bertz CT molecular complexity index is 635. The summed E-state index contributed by atoms with van der Waals surface area (Å²) in [5, 5.41) is 5.41. The van der Waals surface area contributed by atoms with Gasteiger partial charge in [-0.25, -0.2) is 23.1 Å². The molecule has 0 bridgehead atoms. The fraction of sp³-hybridized carbons (Fsp3) is 0.231. The van der Waals surface area contributed by atoms with Crippen LogP contribution in [0.2, 0.25) is 0 Å². The number of aromatic nitrogens is 2. The summed E-state index contributed by atoms with van der Waals surface area (Å²) in [6.07, 6.45) is 0. The molecule has 1 heterocycles. The van der Waals surface area contributed by atoms with Crippen LogP contribution >= 0.6 is 0 Å². The first-order chi connectivity index (χ1) is 9.42. The average Bonchev–Trinajstić information content (AvgIpc) is 2.37. The molecule has 2 rings (SSSR count). The third kappa shape index (κ3) is 2.66. The quantitative estimate of drug-likeness (QED) is 0.907. The molecule has 0 atom stereocenters. The van der Waals surface area contributed by atoms with E-state index in [2.05, 4.69) is 20.6 Å². The zero-order valence-electron chi connectivity index (χ0n) is 11.2. The summed E-state index contributed by atoms with van der Waals surface area (Å²) in [7, 11) is 1.68.